The average Bonchev–Trinajstić information content (AvgIpc) is 2.68. The fraction of sp³-hybridized carbons (Fsp3) is 0.200. The van der Waals surface area contributed by atoms with Crippen molar-refractivity contribution in [3.63, 3.8) is 0 Å². The topological polar surface area (TPSA) is 100.0 Å². The van der Waals surface area contributed by atoms with Crippen LogP contribution in [0.4, 0.5) is 11.4 Å². The van der Waals surface area contributed by atoms with E-state index in [-0.39, 0.29) is 30.3 Å². The van der Waals surface area contributed by atoms with Crippen molar-refractivity contribution in [3.8, 4) is 11.9 Å². The summed E-state index contributed by atoms with van der Waals surface area (Å²) in [6.45, 7) is 1.88. The van der Waals surface area contributed by atoms with Crippen LogP contribution in [0.2, 0.25) is 0 Å². The van der Waals surface area contributed by atoms with Gasteiger partial charge in [-0.2, -0.15) is 10.4 Å². The van der Waals surface area contributed by atoms with E-state index < -0.39 is 5.56 Å². The van der Waals surface area contributed by atoms with Gasteiger partial charge in [0.1, 0.15) is 11.6 Å². The molecule has 0 amide bonds. The Morgan fingerprint density at radius 1 is 1.19 bits per heavy atom. The molecule has 0 atom stereocenters. The summed E-state index contributed by atoms with van der Waals surface area (Å²) >= 11 is 0. The molecule has 136 valence electrons. The molecule has 7 nitrogen and oxygen atoms in total. The first-order chi connectivity index (χ1) is 13.1. The first-order valence-corrected chi connectivity index (χ1v) is 8.32. The summed E-state index contributed by atoms with van der Waals surface area (Å²) in [5.41, 5.74) is 0.373. The van der Waals surface area contributed by atoms with E-state index in [0.717, 1.165) is 15.3 Å². The zero-order valence-electron chi connectivity index (χ0n) is 15.0. The van der Waals surface area contributed by atoms with Crippen LogP contribution in [0, 0.1) is 18.3 Å². The number of rotatable bonds is 5. The molecule has 0 saturated heterocycles. The molecule has 0 aliphatic carbocycles. The first kappa shape index (κ1) is 18.3. The van der Waals surface area contributed by atoms with Crippen LogP contribution in [0.25, 0.3) is 10.8 Å². The van der Waals surface area contributed by atoms with Crippen molar-refractivity contribution in [3.05, 3.63) is 63.9 Å². The third-order valence-electron chi connectivity index (χ3n) is 4.29. The van der Waals surface area contributed by atoms with E-state index in [9.17, 15) is 15.2 Å². The number of azo groups is 1. The number of nitriles is 1. The molecule has 0 fully saturated rings. The number of methoxy groups -OCH3 is 1. The Morgan fingerprint density at radius 2 is 1.93 bits per heavy atom. The fourth-order valence-corrected chi connectivity index (χ4v) is 2.79. The number of aromatic nitrogens is 1. The first-order valence-electron chi connectivity index (χ1n) is 8.32. The summed E-state index contributed by atoms with van der Waals surface area (Å²) in [7, 11) is 1.49. The molecule has 2 aromatic carbocycles. The van der Waals surface area contributed by atoms with Crippen LogP contribution in [0.3, 0.4) is 0 Å². The number of nitrogens with zero attached hydrogens (tertiary/aromatic N) is 4. The number of fused-ring (bicyclic) bond motifs is 1. The lowest BCUT2D eigenvalue weighted by Gasteiger charge is -2.12. The van der Waals surface area contributed by atoms with Crippen LogP contribution in [-0.2, 0) is 11.3 Å². The summed E-state index contributed by atoms with van der Waals surface area (Å²) in [5, 5.41) is 29.9. The smallest absolute Gasteiger partial charge is 0.281 e. The Morgan fingerprint density at radius 3 is 2.63 bits per heavy atom. The number of hydrogen-bond donors (Lipinski definition) is 1. The molecular formula is C20H18N4O3. The highest BCUT2D eigenvalue weighted by molar-refractivity contribution is 5.85. The minimum Gasteiger partial charge on any atom is -0.493 e. The quantitative estimate of drug-likeness (QED) is 0.695. The molecule has 7 heteroatoms. The van der Waals surface area contributed by atoms with Crippen LogP contribution in [0.15, 0.2) is 57.5 Å². The van der Waals surface area contributed by atoms with Crippen LogP contribution < -0.4 is 5.56 Å². The number of benzene rings is 2. The van der Waals surface area contributed by atoms with E-state index in [1.165, 1.54) is 7.11 Å². The molecule has 0 saturated carbocycles. The highest BCUT2D eigenvalue weighted by Gasteiger charge is 2.18. The number of aromatic hydroxyl groups is 1. The summed E-state index contributed by atoms with van der Waals surface area (Å²) < 4.78 is 6.03. The molecule has 0 unspecified atom stereocenters. The maximum Gasteiger partial charge on any atom is 0.281 e. The normalized spacial score (nSPS) is 11.1. The fourth-order valence-electron chi connectivity index (χ4n) is 2.79. The second-order valence-corrected chi connectivity index (χ2v) is 5.97. The van der Waals surface area contributed by atoms with Gasteiger partial charge in [-0.05, 0) is 29.8 Å². The van der Waals surface area contributed by atoms with Crippen molar-refractivity contribution >= 4 is 22.1 Å². The lowest BCUT2D eigenvalue weighted by Crippen LogP contribution is -2.23. The van der Waals surface area contributed by atoms with Crippen LogP contribution in [-0.4, -0.2) is 23.4 Å². The minimum absolute atomic E-state index is 0.00170. The molecule has 3 rings (SSSR count). The Kier molecular flexibility index (Phi) is 5.29. The second kappa shape index (κ2) is 7.81. The average molecular weight is 362 g/mol. The van der Waals surface area contributed by atoms with Gasteiger partial charge in [0.05, 0.1) is 18.8 Å². The van der Waals surface area contributed by atoms with Crippen molar-refractivity contribution in [1.29, 1.82) is 5.26 Å². The summed E-state index contributed by atoms with van der Waals surface area (Å²) in [5.74, 6) is -0.387. The highest BCUT2D eigenvalue weighted by Crippen LogP contribution is 2.27. The van der Waals surface area contributed by atoms with Crippen LogP contribution >= 0.6 is 0 Å². The van der Waals surface area contributed by atoms with Gasteiger partial charge >= 0.3 is 0 Å². The molecule has 0 radical (unpaired) electrons. The Balaban J connectivity index is 2.08. The maximum atomic E-state index is 12.7. The van der Waals surface area contributed by atoms with Gasteiger partial charge in [-0.25, -0.2) is 0 Å². The molecule has 1 aromatic heterocycles. The third kappa shape index (κ3) is 3.57. The number of pyridine rings is 1. The summed E-state index contributed by atoms with van der Waals surface area (Å²) in [6.07, 6.45) is 0. The third-order valence-corrected chi connectivity index (χ3v) is 4.29. The van der Waals surface area contributed by atoms with Gasteiger partial charge in [-0.15, -0.1) is 5.11 Å². The van der Waals surface area contributed by atoms with Crippen molar-refractivity contribution < 1.29 is 9.84 Å². The molecule has 3 aromatic rings. The van der Waals surface area contributed by atoms with Gasteiger partial charge in [0, 0.05) is 12.7 Å². The number of hydrogen-bond acceptors (Lipinski definition) is 6. The molecule has 0 aliphatic rings. The van der Waals surface area contributed by atoms with Crippen molar-refractivity contribution in [1.82, 2.24) is 4.57 Å². The SMILES string of the molecule is COCCn1c(O)c(C#N)c(C)c(N=Nc2ccc3ccccc3c2)c1=O. The van der Waals surface area contributed by atoms with Crippen LogP contribution in [0.5, 0.6) is 5.88 Å². The Hall–Kier alpha value is -3.50. The van der Waals surface area contributed by atoms with E-state index in [0.29, 0.717) is 11.3 Å². The minimum atomic E-state index is -0.523. The van der Waals surface area contributed by atoms with Crippen molar-refractivity contribution in [2.45, 2.75) is 13.5 Å². The Bertz CT molecular complexity index is 1130. The van der Waals surface area contributed by atoms with Gasteiger partial charge in [0.25, 0.3) is 5.56 Å². The second-order valence-electron chi connectivity index (χ2n) is 5.97. The lowest BCUT2D eigenvalue weighted by atomic mass is 10.1. The monoisotopic (exact) mass is 362 g/mol. The molecular weight excluding hydrogens is 344 g/mol. The predicted octanol–water partition coefficient (Wildman–Crippen LogP) is 3.95. The van der Waals surface area contributed by atoms with Gasteiger partial charge in [-0.3, -0.25) is 9.36 Å². The van der Waals surface area contributed by atoms with Gasteiger partial charge < -0.3 is 9.84 Å². The van der Waals surface area contributed by atoms with Gasteiger partial charge in [0.2, 0.25) is 5.88 Å². The summed E-state index contributed by atoms with van der Waals surface area (Å²) in [4.78, 5) is 12.7. The maximum absolute atomic E-state index is 12.7. The molecule has 27 heavy (non-hydrogen) atoms. The molecule has 1 N–H and O–H groups in total. The molecule has 1 heterocycles. The van der Waals surface area contributed by atoms with E-state index >= 15 is 0 Å². The number of ether oxygens (including phenoxy) is 1. The molecule has 0 spiro atoms. The zero-order chi connectivity index (χ0) is 19.4. The van der Waals surface area contributed by atoms with Gasteiger partial charge in [0.15, 0.2) is 5.69 Å². The Labute approximate surface area is 155 Å². The predicted molar refractivity (Wildman–Crippen MR) is 102 cm³/mol. The molecule has 0 bridgehead atoms. The van der Waals surface area contributed by atoms with E-state index in [2.05, 4.69) is 10.2 Å². The molecule has 0 aliphatic heterocycles. The standard InChI is InChI=1S/C20H18N4O3/c1-13-17(12-21)19(25)24(9-10-27-2)20(26)18(13)23-22-16-8-7-14-5-3-4-6-15(14)11-16/h3-8,11,25H,9-10H2,1-2H3. The van der Waals surface area contributed by atoms with E-state index in [1.54, 1.807) is 13.0 Å². The van der Waals surface area contributed by atoms with Crippen molar-refractivity contribution in [2.24, 2.45) is 10.2 Å². The highest BCUT2D eigenvalue weighted by atomic mass is 16.5. The largest absolute Gasteiger partial charge is 0.493 e. The summed E-state index contributed by atoms with van der Waals surface area (Å²) in [6, 6.07) is 15.3. The zero-order valence-corrected chi connectivity index (χ0v) is 15.0. The van der Waals surface area contributed by atoms with E-state index in [1.807, 2.05) is 42.5 Å². The van der Waals surface area contributed by atoms with Crippen molar-refractivity contribution in [2.75, 3.05) is 13.7 Å². The van der Waals surface area contributed by atoms with Crippen LogP contribution in [0.1, 0.15) is 11.1 Å². The lowest BCUT2D eigenvalue weighted by molar-refractivity contribution is 0.182. The van der Waals surface area contributed by atoms with E-state index in [4.69, 9.17) is 4.74 Å². The van der Waals surface area contributed by atoms with Gasteiger partial charge in [-0.1, -0.05) is 30.3 Å².